The summed E-state index contributed by atoms with van der Waals surface area (Å²) >= 11 is 0. The number of fused-ring (bicyclic) bond motifs is 1. The molecule has 3 atom stereocenters. The molecule has 17 heavy (non-hydrogen) atoms. The van der Waals surface area contributed by atoms with Crippen molar-refractivity contribution in [2.45, 2.75) is 51.4 Å². The number of hydrogen-bond acceptors (Lipinski definition) is 2. The van der Waals surface area contributed by atoms with Gasteiger partial charge in [0.25, 0.3) is 0 Å². The highest BCUT2D eigenvalue weighted by Gasteiger charge is 2.70. The minimum atomic E-state index is -0.302. The van der Waals surface area contributed by atoms with Crippen molar-refractivity contribution >= 4 is 0 Å². The third-order valence-corrected chi connectivity index (χ3v) is 4.56. The summed E-state index contributed by atoms with van der Waals surface area (Å²) in [5, 5.41) is 10.0. The standard InChI is InChI=1S/C15H20O2/c1-10-4-6-11(7-5-10)15-13(17-15)12(16)8-9-14(15,2)3/h4-7,12-13,16H,8-9H2,1-3H3/t12-,13-,15-/m1/s1. The Labute approximate surface area is 103 Å². The van der Waals surface area contributed by atoms with Gasteiger partial charge in [-0.25, -0.2) is 0 Å². The third-order valence-electron chi connectivity index (χ3n) is 4.56. The zero-order valence-electron chi connectivity index (χ0n) is 10.7. The van der Waals surface area contributed by atoms with E-state index in [4.69, 9.17) is 4.74 Å². The van der Waals surface area contributed by atoms with E-state index in [-0.39, 0.29) is 23.2 Å². The van der Waals surface area contributed by atoms with Crippen molar-refractivity contribution in [2.75, 3.05) is 0 Å². The molecule has 92 valence electrons. The molecule has 2 fully saturated rings. The van der Waals surface area contributed by atoms with Gasteiger partial charge in [0.05, 0.1) is 6.10 Å². The summed E-state index contributed by atoms with van der Waals surface area (Å²) in [7, 11) is 0. The van der Waals surface area contributed by atoms with Crippen LogP contribution in [0.5, 0.6) is 0 Å². The van der Waals surface area contributed by atoms with Gasteiger partial charge in [-0.2, -0.15) is 0 Å². The van der Waals surface area contributed by atoms with Crippen molar-refractivity contribution in [3.63, 3.8) is 0 Å². The first kappa shape index (κ1) is 11.2. The Morgan fingerprint density at radius 3 is 2.53 bits per heavy atom. The fourth-order valence-corrected chi connectivity index (χ4v) is 3.33. The molecule has 0 bridgehead atoms. The van der Waals surface area contributed by atoms with Crippen LogP contribution in [-0.4, -0.2) is 17.3 Å². The lowest BCUT2D eigenvalue weighted by Gasteiger charge is -2.37. The van der Waals surface area contributed by atoms with E-state index in [0.29, 0.717) is 0 Å². The number of rotatable bonds is 1. The summed E-state index contributed by atoms with van der Waals surface area (Å²) in [6.07, 6.45) is 1.56. The third kappa shape index (κ3) is 1.40. The topological polar surface area (TPSA) is 32.8 Å². The fraction of sp³-hybridized carbons (Fsp3) is 0.600. The van der Waals surface area contributed by atoms with Gasteiger partial charge in [-0.3, -0.25) is 0 Å². The second kappa shape index (κ2) is 3.33. The van der Waals surface area contributed by atoms with Crippen LogP contribution in [0.15, 0.2) is 24.3 Å². The number of epoxide rings is 1. The fourth-order valence-electron chi connectivity index (χ4n) is 3.33. The summed E-state index contributed by atoms with van der Waals surface area (Å²) in [6, 6.07) is 8.55. The van der Waals surface area contributed by atoms with E-state index < -0.39 is 0 Å². The highest BCUT2D eigenvalue weighted by atomic mass is 16.6. The molecule has 3 rings (SSSR count). The Kier molecular flexibility index (Phi) is 2.20. The maximum atomic E-state index is 10.0. The lowest BCUT2D eigenvalue weighted by molar-refractivity contribution is 0.0749. The number of hydrogen-bond donors (Lipinski definition) is 1. The van der Waals surface area contributed by atoms with Gasteiger partial charge in [0.15, 0.2) is 0 Å². The quantitative estimate of drug-likeness (QED) is 0.755. The molecule has 1 aliphatic heterocycles. The van der Waals surface area contributed by atoms with Crippen LogP contribution in [0.1, 0.15) is 37.8 Å². The average Bonchev–Trinajstić information content (AvgIpc) is 3.03. The molecule has 1 N–H and O–H groups in total. The van der Waals surface area contributed by atoms with Gasteiger partial charge in [-0.15, -0.1) is 0 Å². The van der Waals surface area contributed by atoms with Crippen molar-refractivity contribution in [3.8, 4) is 0 Å². The number of aliphatic hydroxyl groups is 1. The monoisotopic (exact) mass is 232 g/mol. The van der Waals surface area contributed by atoms with Gasteiger partial charge in [0.1, 0.15) is 11.7 Å². The lowest BCUT2D eigenvalue weighted by Crippen LogP contribution is -2.41. The molecule has 0 amide bonds. The first-order valence-electron chi connectivity index (χ1n) is 6.40. The maximum absolute atomic E-state index is 10.0. The largest absolute Gasteiger partial charge is 0.390 e. The lowest BCUT2D eigenvalue weighted by atomic mass is 9.65. The SMILES string of the molecule is Cc1ccc([C@@]23O[C@@H]2[C@H](O)CCC3(C)C)cc1. The Morgan fingerprint density at radius 1 is 1.24 bits per heavy atom. The van der Waals surface area contributed by atoms with E-state index in [9.17, 15) is 5.11 Å². The molecule has 1 saturated carbocycles. The zero-order valence-corrected chi connectivity index (χ0v) is 10.7. The molecule has 1 heterocycles. The maximum Gasteiger partial charge on any atom is 0.127 e. The molecule has 0 spiro atoms. The first-order chi connectivity index (χ1) is 7.97. The summed E-state index contributed by atoms with van der Waals surface area (Å²) in [6.45, 7) is 6.59. The second-order valence-electron chi connectivity index (χ2n) is 6.13. The Morgan fingerprint density at radius 2 is 1.88 bits per heavy atom. The molecule has 0 aromatic heterocycles. The summed E-state index contributed by atoms with van der Waals surface area (Å²) < 4.78 is 5.97. The van der Waals surface area contributed by atoms with Crippen LogP contribution in [0.25, 0.3) is 0 Å². The normalized spacial score (nSPS) is 38.6. The van der Waals surface area contributed by atoms with E-state index in [1.165, 1.54) is 11.1 Å². The van der Waals surface area contributed by atoms with Gasteiger partial charge < -0.3 is 9.84 Å². The Hall–Kier alpha value is -0.860. The minimum absolute atomic E-state index is 0.00560. The summed E-state index contributed by atoms with van der Waals surface area (Å²) in [5.74, 6) is 0. The predicted molar refractivity (Wildman–Crippen MR) is 66.8 cm³/mol. The molecule has 1 aromatic rings. The molecule has 2 nitrogen and oxygen atoms in total. The predicted octanol–water partition coefficient (Wildman–Crippen LogP) is 2.77. The van der Waals surface area contributed by atoms with E-state index in [1.807, 2.05) is 0 Å². The number of benzene rings is 1. The number of aryl methyl sites for hydroxylation is 1. The van der Waals surface area contributed by atoms with Gasteiger partial charge in [0, 0.05) is 5.41 Å². The first-order valence-corrected chi connectivity index (χ1v) is 6.40. The van der Waals surface area contributed by atoms with E-state index in [0.717, 1.165) is 12.8 Å². The molecule has 0 radical (unpaired) electrons. The minimum Gasteiger partial charge on any atom is -0.390 e. The van der Waals surface area contributed by atoms with Crippen LogP contribution in [0.3, 0.4) is 0 Å². The number of aliphatic hydroxyl groups excluding tert-OH is 1. The van der Waals surface area contributed by atoms with Gasteiger partial charge >= 0.3 is 0 Å². The molecule has 1 aliphatic carbocycles. The van der Waals surface area contributed by atoms with Crippen LogP contribution in [-0.2, 0) is 10.3 Å². The van der Waals surface area contributed by atoms with Crippen LogP contribution in [0.2, 0.25) is 0 Å². The van der Waals surface area contributed by atoms with Gasteiger partial charge in [0.2, 0.25) is 0 Å². The highest BCUT2D eigenvalue weighted by molar-refractivity contribution is 5.36. The molecule has 2 aliphatic rings. The molecule has 0 unspecified atom stereocenters. The Balaban J connectivity index is 2.03. The summed E-state index contributed by atoms with van der Waals surface area (Å²) in [5.41, 5.74) is 2.33. The number of ether oxygens (including phenoxy) is 1. The van der Waals surface area contributed by atoms with E-state index in [2.05, 4.69) is 45.0 Å². The zero-order chi connectivity index (χ0) is 12.3. The molecular weight excluding hydrogens is 212 g/mol. The second-order valence-corrected chi connectivity index (χ2v) is 6.13. The highest BCUT2D eigenvalue weighted by Crippen LogP contribution is 2.64. The Bertz CT molecular complexity index is 435. The van der Waals surface area contributed by atoms with Crippen molar-refractivity contribution in [1.82, 2.24) is 0 Å². The molecule has 2 heteroatoms. The van der Waals surface area contributed by atoms with Crippen LogP contribution in [0.4, 0.5) is 0 Å². The van der Waals surface area contributed by atoms with Gasteiger partial charge in [-0.05, 0) is 25.3 Å². The van der Waals surface area contributed by atoms with Crippen LogP contribution < -0.4 is 0 Å². The van der Waals surface area contributed by atoms with E-state index in [1.54, 1.807) is 0 Å². The van der Waals surface area contributed by atoms with Crippen LogP contribution in [0, 0.1) is 12.3 Å². The van der Waals surface area contributed by atoms with Crippen molar-refractivity contribution in [2.24, 2.45) is 5.41 Å². The van der Waals surface area contributed by atoms with Crippen molar-refractivity contribution in [3.05, 3.63) is 35.4 Å². The average molecular weight is 232 g/mol. The molecule has 1 aromatic carbocycles. The molecular formula is C15H20O2. The van der Waals surface area contributed by atoms with E-state index >= 15 is 0 Å². The van der Waals surface area contributed by atoms with Crippen LogP contribution >= 0.6 is 0 Å². The van der Waals surface area contributed by atoms with Crippen molar-refractivity contribution < 1.29 is 9.84 Å². The molecule has 1 saturated heterocycles. The van der Waals surface area contributed by atoms with Gasteiger partial charge in [-0.1, -0.05) is 43.7 Å². The summed E-state index contributed by atoms with van der Waals surface area (Å²) in [4.78, 5) is 0. The smallest absolute Gasteiger partial charge is 0.127 e. The van der Waals surface area contributed by atoms with Crippen molar-refractivity contribution in [1.29, 1.82) is 0 Å².